The summed E-state index contributed by atoms with van der Waals surface area (Å²) < 4.78 is 32.8. The Hall–Kier alpha value is -3.22. The third-order valence-electron chi connectivity index (χ3n) is 6.03. The second-order valence-electron chi connectivity index (χ2n) is 8.55. The predicted molar refractivity (Wildman–Crippen MR) is 136 cm³/mol. The first kappa shape index (κ1) is 25.9. The minimum Gasteiger partial charge on any atom is -0.497 e. The molecule has 0 aliphatic carbocycles. The van der Waals surface area contributed by atoms with E-state index in [4.69, 9.17) is 16.3 Å². The van der Waals surface area contributed by atoms with Crippen molar-refractivity contribution >= 4 is 33.3 Å². The number of hydrogen-bond donors (Lipinski definition) is 1. The van der Waals surface area contributed by atoms with Crippen molar-refractivity contribution in [3.63, 3.8) is 0 Å². The van der Waals surface area contributed by atoms with Gasteiger partial charge in [-0.25, -0.2) is 18.4 Å². The fourth-order valence-electron chi connectivity index (χ4n) is 4.13. The molecule has 1 saturated heterocycles. The fraction of sp³-hybridized carbons (Fsp3) is 0.391. The van der Waals surface area contributed by atoms with Gasteiger partial charge in [-0.1, -0.05) is 23.7 Å². The number of amides is 1. The quantitative estimate of drug-likeness (QED) is 0.436. The highest BCUT2D eigenvalue weighted by Gasteiger charge is 2.34. The number of carbonyl (C=O) groups excluding carboxylic acids is 1. The summed E-state index contributed by atoms with van der Waals surface area (Å²) in [5, 5.41) is 3.23. The zero-order valence-electron chi connectivity index (χ0n) is 20.2. The number of aromatic nitrogens is 4. The standard InChI is InChI=1S/C23H28ClN7O4S/c1-16(17-4-6-19(35-2)7-5-17)26-22(32)12-18-14-30(36(3,33)34)10-11-31(18)21-13-20(24)27-23(28-21)29-9-8-25-15-29/h4-9,13,15-16,18H,10-12,14H2,1-3H3,(H,26,32). The van der Waals surface area contributed by atoms with Crippen molar-refractivity contribution in [3.05, 3.63) is 59.8 Å². The van der Waals surface area contributed by atoms with Gasteiger partial charge in [-0.2, -0.15) is 9.29 Å². The molecule has 3 aromatic rings. The van der Waals surface area contributed by atoms with Crippen LogP contribution in [0.1, 0.15) is 24.9 Å². The Bertz CT molecular complexity index is 1300. The first-order chi connectivity index (χ1) is 17.1. The summed E-state index contributed by atoms with van der Waals surface area (Å²) >= 11 is 6.29. The number of anilines is 1. The zero-order chi connectivity index (χ0) is 25.9. The molecular weight excluding hydrogens is 506 g/mol. The van der Waals surface area contributed by atoms with Crippen LogP contribution in [-0.2, 0) is 14.8 Å². The molecule has 192 valence electrons. The van der Waals surface area contributed by atoms with Crippen LogP contribution in [0.4, 0.5) is 5.82 Å². The number of nitrogens with one attached hydrogen (secondary N) is 1. The lowest BCUT2D eigenvalue weighted by molar-refractivity contribution is -0.122. The first-order valence-electron chi connectivity index (χ1n) is 11.3. The van der Waals surface area contributed by atoms with Gasteiger partial charge in [-0.15, -0.1) is 0 Å². The van der Waals surface area contributed by atoms with Crippen molar-refractivity contribution in [2.75, 3.05) is 37.9 Å². The van der Waals surface area contributed by atoms with Gasteiger partial charge >= 0.3 is 0 Å². The van der Waals surface area contributed by atoms with Gasteiger partial charge in [0.2, 0.25) is 21.9 Å². The molecule has 1 amide bonds. The maximum atomic E-state index is 13.1. The van der Waals surface area contributed by atoms with Gasteiger partial charge in [0.15, 0.2) is 0 Å². The van der Waals surface area contributed by atoms with Crippen LogP contribution in [0, 0.1) is 0 Å². The molecule has 0 bridgehead atoms. The first-order valence-corrected chi connectivity index (χ1v) is 13.5. The van der Waals surface area contributed by atoms with E-state index in [1.54, 1.807) is 36.5 Å². The summed E-state index contributed by atoms with van der Waals surface area (Å²) in [7, 11) is -1.84. The van der Waals surface area contributed by atoms with E-state index in [0.29, 0.717) is 18.3 Å². The van der Waals surface area contributed by atoms with Gasteiger partial charge in [0, 0.05) is 44.5 Å². The molecule has 1 fully saturated rings. The van der Waals surface area contributed by atoms with Gasteiger partial charge in [0.05, 0.1) is 25.4 Å². The summed E-state index contributed by atoms with van der Waals surface area (Å²) in [5.41, 5.74) is 0.926. The van der Waals surface area contributed by atoms with Crippen LogP contribution in [0.5, 0.6) is 5.75 Å². The molecule has 3 heterocycles. The second kappa shape index (κ2) is 10.8. The number of imidazole rings is 1. The SMILES string of the molecule is COc1ccc(C(C)NC(=O)CC2CN(S(C)(=O)=O)CCN2c2cc(Cl)nc(-n3ccnc3)n2)cc1. The maximum Gasteiger partial charge on any atom is 0.238 e. The van der Waals surface area contributed by atoms with Crippen LogP contribution in [0.3, 0.4) is 0 Å². The Labute approximate surface area is 215 Å². The van der Waals surface area contributed by atoms with Crippen molar-refractivity contribution in [2.45, 2.75) is 25.4 Å². The number of carbonyl (C=O) groups is 1. The largest absolute Gasteiger partial charge is 0.497 e. The van der Waals surface area contributed by atoms with Crippen LogP contribution >= 0.6 is 11.6 Å². The Kier molecular flexibility index (Phi) is 7.76. The van der Waals surface area contributed by atoms with Crippen molar-refractivity contribution < 1.29 is 17.9 Å². The third kappa shape index (κ3) is 6.12. The topological polar surface area (TPSA) is 123 Å². The summed E-state index contributed by atoms with van der Waals surface area (Å²) in [5.74, 6) is 1.36. The molecule has 1 N–H and O–H groups in total. The molecular formula is C23H28ClN7O4S. The van der Waals surface area contributed by atoms with E-state index in [2.05, 4.69) is 20.3 Å². The highest BCUT2D eigenvalue weighted by Crippen LogP contribution is 2.25. The predicted octanol–water partition coefficient (Wildman–Crippen LogP) is 2.04. The molecule has 2 atom stereocenters. The van der Waals surface area contributed by atoms with Crippen LogP contribution in [0.25, 0.3) is 5.95 Å². The van der Waals surface area contributed by atoms with Crippen LogP contribution < -0.4 is 15.0 Å². The van der Waals surface area contributed by atoms with Crippen molar-refractivity contribution in [2.24, 2.45) is 0 Å². The van der Waals surface area contributed by atoms with E-state index in [0.717, 1.165) is 11.3 Å². The van der Waals surface area contributed by atoms with E-state index >= 15 is 0 Å². The highest BCUT2D eigenvalue weighted by atomic mass is 35.5. The van der Waals surface area contributed by atoms with Gasteiger partial charge in [0.1, 0.15) is 23.0 Å². The van der Waals surface area contributed by atoms with E-state index in [-0.39, 0.29) is 36.6 Å². The number of ether oxygens (including phenoxy) is 1. The summed E-state index contributed by atoms with van der Waals surface area (Å²) in [6, 6.07) is 8.36. The lowest BCUT2D eigenvalue weighted by Crippen LogP contribution is -2.56. The lowest BCUT2D eigenvalue weighted by atomic mass is 10.1. The third-order valence-corrected chi connectivity index (χ3v) is 7.49. The lowest BCUT2D eigenvalue weighted by Gasteiger charge is -2.41. The fourth-order valence-corrected chi connectivity index (χ4v) is 5.16. The van der Waals surface area contributed by atoms with Crippen LogP contribution in [0.2, 0.25) is 5.15 Å². The normalized spacial score (nSPS) is 17.6. The smallest absolute Gasteiger partial charge is 0.238 e. The van der Waals surface area contributed by atoms with Crippen molar-refractivity contribution in [3.8, 4) is 11.7 Å². The Balaban J connectivity index is 1.55. The summed E-state index contributed by atoms with van der Waals surface area (Å²) in [6.45, 7) is 2.64. The molecule has 0 radical (unpaired) electrons. The number of halogens is 1. The molecule has 4 rings (SSSR count). The van der Waals surface area contributed by atoms with Crippen LogP contribution in [-0.4, -0.2) is 77.2 Å². The number of methoxy groups -OCH3 is 1. The number of hydrogen-bond acceptors (Lipinski definition) is 8. The number of rotatable bonds is 8. The maximum absolute atomic E-state index is 13.1. The van der Waals surface area contributed by atoms with E-state index in [9.17, 15) is 13.2 Å². The van der Waals surface area contributed by atoms with Crippen molar-refractivity contribution in [1.29, 1.82) is 0 Å². The number of benzene rings is 1. The minimum absolute atomic E-state index is 0.0640. The average molecular weight is 534 g/mol. The van der Waals surface area contributed by atoms with E-state index < -0.39 is 16.1 Å². The van der Waals surface area contributed by atoms with E-state index in [1.165, 1.54) is 10.6 Å². The monoisotopic (exact) mass is 533 g/mol. The molecule has 0 spiro atoms. The Morgan fingerprint density at radius 1 is 1.25 bits per heavy atom. The number of piperazine rings is 1. The molecule has 0 saturated carbocycles. The molecule has 1 aliphatic heterocycles. The summed E-state index contributed by atoms with van der Waals surface area (Å²) in [4.78, 5) is 27.9. The molecule has 11 nitrogen and oxygen atoms in total. The Morgan fingerprint density at radius 3 is 2.64 bits per heavy atom. The minimum atomic E-state index is -3.43. The number of nitrogens with zero attached hydrogens (tertiary/aromatic N) is 6. The second-order valence-corrected chi connectivity index (χ2v) is 10.9. The molecule has 36 heavy (non-hydrogen) atoms. The number of sulfonamides is 1. The molecule has 1 aliphatic rings. The molecule has 2 unspecified atom stereocenters. The molecule has 1 aromatic carbocycles. The average Bonchev–Trinajstić information content (AvgIpc) is 3.38. The molecule has 13 heteroatoms. The summed E-state index contributed by atoms with van der Waals surface area (Å²) in [6.07, 6.45) is 6.09. The Morgan fingerprint density at radius 2 is 2.00 bits per heavy atom. The highest BCUT2D eigenvalue weighted by molar-refractivity contribution is 7.88. The van der Waals surface area contributed by atoms with Crippen molar-refractivity contribution in [1.82, 2.24) is 29.1 Å². The molecule has 2 aromatic heterocycles. The van der Waals surface area contributed by atoms with Gasteiger partial charge < -0.3 is 15.0 Å². The van der Waals surface area contributed by atoms with E-state index in [1.807, 2.05) is 36.1 Å². The van der Waals surface area contributed by atoms with Gasteiger partial charge in [-0.3, -0.25) is 9.36 Å². The zero-order valence-corrected chi connectivity index (χ0v) is 21.8. The van der Waals surface area contributed by atoms with Gasteiger partial charge in [0.25, 0.3) is 0 Å². The van der Waals surface area contributed by atoms with Crippen LogP contribution in [0.15, 0.2) is 49.1 Å². The van der Waals surface area contributed by atoms with Gasteiger partial charge in [-0.05, 0) is 24.6 Å².